The van der Waals surface area contributed by atoms with Crippen LogP contribution in [0.15, 0.2) is 11.6 Å². The molecule has 1 aliphatic heterocycles. The molecule has 1 unspecified atom stereocenters. The number of hydrogen-bond acceptors (Lipinski definition) is 8. The summed E-state index contributed by atoms with van der Waals surface area (Å²) in [7, 11) is 0. The van der Waals surface area contributed by atoms with Crippen LogP contribution in [0.4, 0.5) is 0 Å². The van der Waals surface area contributed by atoms with Gasteiger partial charge in [-0.05, 0) is 97.2 Å². The zero-order valence-corrected chi connectivity index (χ0v) is 28.5. The molecule has 0 spiro atoms. The van der Waals surface area contributed by atoms with E-state index in [0.29, 0.717) is 25.7 Å². The lowest BCUT2D eigenvalue weighted by Crippen LogP contribution is -2.69. The number of ether oxygens (including phenoxy) is 2. The lowest BCUT2D eigenvalue weighted by atomic mass is 9.33. The van der Waals surface area contributed by atoms with Crippen molar-refractivity contribution in [1.82, 2.24) is 0 Å². The van der Waals surface area contributed by atoms with E-state index in [1.165, 1.54) is 0 Å². The monoisotopic (exact) mass is 634 g/mol. The van der Waals surface area contributed by atoms with Gasteiger partial charge in [-0.3, -0.25) is 4.79 Å². The van der Waals surface area contributed by atoms with E-state index in [1.54, 1.807) is 6.92 Å². The molecule has 5 aliphatic carbocycles. The van der Waals surface area contributed by atoms with Gasteiger partial charge in [0.05, 0.1) is 29.8 Å². The highest BCUT2D eigenvalue weighted by molar-refractivity contribution is 5.77. The topological polar surface area (TPSA) is 157 Å². The van der Waals surface area contributed by atoms with E-state index in [1.807, 2.05) is 0 Å². The van der Waals surface area contributed by atoms with Crippen molar-refractivity contribution in [3.8, 4) is 0 Å². The fraction of sp³-hybridized carbons (Fsp3) is 0.917. The number of aliphatic hydroxyl groups excluding tert-OH is 5. The maximum atomic E-state index is 13.0. The molecule has 9 nitrogen and oxygen atoms in total. The molecule has 0 radical (unpaired) electrons. The van der Waals surface area contributed by atoms with Crippen LogP contribution in [0.3, 0.4) is 0 Å². The average Bonchev–Trinajstić information content (AvgIpc) is 2.94. The number of hydrogen-bond donors (Lipinski definition) is 6. The Hall–Kier alpha value is -1.07. The van der Waals surface area contributed by atoms with Crippen molar-refractivity contribution in [2.75, 3.05) is 0 Å². The summed E-state index contributed by atoms with van der Waals surface area (Å²) in [6, 6.07) is 0. The van der Waals surface area contributed by atoms with Crippen LogP contribution < -0.4 is 0 Å². The van der Waals surface area contributed by atoms with Crippen molar-refractivity contribution in [3.63, 3.8) is 0 Å². The van der Waals surface area contributed by atoms with Gasteiger partial charge in [0.25, 0.3) is 0 Å². The summed E-state index contributed by atoms with van der Waals surface area (Å²) in [5.41, 5.74) is -1.34. The van der Waals surface area contributed by atoms with E-state index in [4.69, 9.17) is 9.47 Å². The highest BCUT2D eigenvalue weighted by Gasteiger charge is 2.71. The Morgan fingerprint density at radius 2 is 1.51 bits per heavy atom. The second kappa shape index (κ2) is 10.5. The first kappa shape index (κ1) is 33.8. The Balaban J connectivity index is 1.34. The number of carboxylic acid groups (broad SMARTS) is 1. The van der Waals surface area contributed by atoms with Crippen LogP contribution in [0, 0.1) is 50.2 Å². The van der Waals surface area contributed by atoms with Crippen LogP contribution in [-0.4, -0.2) is 85.6 Å². The van der Waals surface area contributed by atoms with Gasteiger partial charge < -0.3 is 40.1 Å². The maximum Gasteiger partial charge on any atom is 0.310 e. The van der Waals surface area contributed by atoms with E-state index in [2.05, 4.69) is 54.5 Å². The van der Waals surface area contributed by atoms with E-state index in [0.717, 1.165) is 31.3 Å². The van der Waals surface area contributed by atoms with Gasteiger partial charge in [0.15, 0.2) is 6.29 Å². The predicted octanol–water partition coefficient (Wildman–Crippen LogP) is 4.03. The summed E-state index contributed by atoms with van der Waals surface area (Å²) < 4.78 is 12.1. The summed E-state index contributed by atoms with van der Waals surface area (Å²) in [5.74, 6) is -0.777. The zero-order valence-electron chi connectivity index (χ0n) is 28.5. The fourth-order valence-electron chi connectivity index (χ4n) is 12.3. The molecule has 0 bridgehead atoms. The number of aliphatic hydroxyl groups is 5. The second-order valence-corrected chi connectivity index (χ2v) is 18.0. The van der Waals surface area contributed by atoms with E-state index < -0.39 is 71.7 Å². The molecule has 0 aromatic carbocycles. The highest BCUT2D eigenvalue weighted by Crippen LogP contribution is 2.76. The third kappa shape index (κ3) is 4.39. The molecule has 9 heteroatoms. The van der Waals surface area contributed by atoms with Gasteiger partial charge in [0, 0.05) is 5.92 Å². The number of carbonyl (C=O) groups is 1. The molecule has 0 amide bonds. The van der Waals surface area contributed by atoms with Crippen LogP contribution >= 0.6 is 0 Å². The van der Waals surface area contributed by atoms with Gasteiger partial charge in [-0.15, -0.1) is 0 Å². The molecule has 0 aromatic heterocycles. The van der Waals surface area contributed by atoms with Crippen LogP contribution in [0.5, 0.6) is 0 Å². The Morgan fingerprint density at radius 1 is 0.867 bits per heavy atom. The molecule has 4 saturated carbocycles. The van der Waals surface area contributed by atoms with Crippen molar-refractivity contribution in [3.05, 3.63) is 11.6 Å². The van der Waals surface area contributed by atoms with E-state index in [9.17, 15) is 35.4 Å². The minimum absolute atomic E-state index is 0.157. The molecule has 256 valence electrons. The third-order valence-electron chi connectivity index (χ3n) is 15.3. The smallest absolute Gasteiger partial charge is 0.310 e. The Labute approximate surface area is 268 Å². The van der Waals surface area contributed by atoms with Gasteiger partial charge in [0.2, 0.25) is 0 Å². The van der Waals surface area contributed by atoms with Crippen molar-refractivity contribution in [2.24, 2.45) is 50.2 Å². The number of rotatable bonds is 3. The first-order valence-corrected chi connectivity index (χ1v) is 17.3. The van der Waals surface area contributed by atoms with E-state index in [-0.39, 0.29) is 33.5 Å². The normalized spacial score (nSPS) is 55.3. The van der Waals surface area contributed by atoms with Gasteiger partial charge >= 0.3 is 5.97 Å². The number of allylic oxidation sites excluding steroid dienone is 1. The van der Waals surface area contributed by atoms with Gasteiger partial charge in [-0.2, -0.15) is 0 Å². The molecule has 6 rings (SSSR count). The van der Waals surface area contributed by atoms with Crippen LogP contribution in [0.1, 0.15) is 107 Å². The maximum absolute atomic E-state index is 13.0. The molecular formula is C36H58O9. The van der Waals surface area contributed by atoms with Gasteiger partial charge in [-0.25, -0.2) is 0 Å². The molecule has 1 saturated heterocycles. The summed E-state index contributed by atoms with van der Waals surface area (Å²) in [4.78, 5) is 13.0. The third-order valence-corrected chi connectivity index (χ3v) is 15.3. The van der Waals surface area contributed by atoms with Crippen molar-refractivity contribution in [2.45, 2.75) is 156 Å². The fourth-order valence-corrected chi connectivity index (χ4v) is 12.3. The molecule has 1 heterocycles. The van der Waals surface area contributed by atoms with Gasteiger partial charge in [0.1, 0.15) is 18.3 Å². The highest BCUT2D eigenvalue weighted by atomic mass is 16.7. The molecule has 6 aliphatic rings. The van der Waals surface area contributed by atoms with E-state index >= 15 is 0 Å². The van der Waals surface area contributed by atoms with Crippen LogP contribution in [-0.2, 0) is 14.3 Å². The van der Waals surface area contributed by atoms with Crippen LogP contribution in [0.2, 0.25) is 0 Å². The lowest BCUT2D eigenvalue weighted by molar-refractivity contribution is -0.336. The minimum Gasteiger partial charge on any atom is -0.481 e. The van der Waals surface area contributed by atoms with Gasteiger partial charge in [-0.1, -0.05) is 60.1 Å². The first-order chi connectivity index (χ1) is 20.7. The standard InChI is InChI=1S/C36H58O9/c1-18-24(38)25(39)26(40)29(44-18)45-28-20(37)17-33(6)21(32(28,4)5)11-12-35(8)22(33)10-9-19-23-27(41)31(2,3)13-15-36(23,30(42)43)16-14-34(19,35)7/h9,18,20-29,37-41H,10-17H2,1-8H3,(H,42,43)/t18-,20+,21-,22+,23+,24-,25+,26+,27?,28-,29-,33-,34+,35+,36-/m0/s1. The number of fused-ring (bicyclic) bond motifs is 7. The summed E-state index contributed by atoms with van der Waals surface area (Å²) >= 11 is 0. The first-order valence-electron chi connectivity index (χ1n) is 17.3. The molecule has 15 atom stereocenters. The molecular weight excluding hydrogens is 576 g/mol. The minimum atomic E-state index is -1.44. The summed E-state index contributed by atoms with van der Waals surface area (Å²) in [6.45, 7) is 17.1. The molecule has 0 aromatic rings. The predicted molar refractivity (Wildman–Crippen MR) is 167 cm³/mol. The second-order valence-electron chi connectivity index (χ2n) is 18.0. The SMILES string of the molecule is C[C@@H]1O[C@@H](O[C@H]2[C@H](O)C[C@]3(C)[C@H]4CC=C5[C@@H]6C(O)C(C)(C)CC[C@]6(C(=O)O)CC[C@@]5(C)[C@]4(C)CC[C@H]3C2(C)C)[C@H](O)[C@H](O)[C@H]1O. The Morgan fingerprint density at radius 3 is 2.16 bits per heavy atom. The summed E-state index contributed by atoms with van der Waals surface area (Å²) in [6.07, 6.45) is -0.166. The largest absolute Gasteiger partial charge is 0.481 e. The number of aliphatic carboxylic acids is 1. The van der Waals surface area contributed by atoms with Crippen molar-refractivity contribution >= 4 is 5.97 Å². The summed E-state index contributed by atoms with van der Waals surface area (Å²) in [5, 5.41) is 65.6. The van der Waals surface area contributed by atoms with Crippen LogP contribution in [0.25, 0.3) is 0 Å². The molecule has 6 N–H and O–H groups in total. The average molecular weight is 635 g/mol. The quantitative estimate of drug-likeness (QED) is 0.199. The number of carboxylic acids is 1. The lowest BCUT2D eigenvalue weighted by Gasteiger charge is -2.72. The zero-order chi connectivity index (χ0) is 33.3. The van der Waals surface area contributed by atoms with Crippen molar-refractivity contribution < 1.29 is 44.9 Å². The molecule has 5 fully saturated rings. The van der Waals surface area contributed by atoms with Crippen molar-refractivity contribution in [1.29, 1.82) is 0 Å². The molecule has 45 heavy (non-hydrogen) atoms. The Kier molecular flexibility index (Phi) is 7.86. The Bertz CT molecular complexity index is 1230.